The van der Waals surface area contributed by atoms with Gasteiger partial charge in [-0.3, -0.25) is 0 Å². The van der Waals surface area contributed by atoms with Crippen LogP contribution < -0.4 is 9.80 Å². The van der Waals surface area contributed by atoms with Gasteiger partial charge >= 0.3 is 0 Å². The third-order valence-electron chi connectivity index (χ3n) is 19.6. The van der Waals surface area contributed by atoms with Gasteiger partial charge in [-0.25, -0.2) is 0 Å². The first-order valence-electron chi connectivity index (χ1n) is 31.2. The average Bonchev–Trinajstić information content (AvgIpc) is 1.37. The third kappa shape index (κ3) is 7.26. The molecule has 4 nitrogen and oxygen atoms in total. The number of fused-ring (bicyclic) bond motifs is 18. The first-order chi connectivity index (χ1) is 43.2. The number of hydrogen-bond acceptors (Lipinski definition) is 2. The molecule has 0 N–H and O–H groups in total. The summed E-state index contributed by atoms with van der Waals surface area (Å²) in [7, 11) is 0. The molecule has 0 aliphatic carbocycles. The molecule has 88 heavy (non-hydrogen) atoms. The van der Waals surface area contributed by atoms with Gasteiger partial charge in [0, 0.05) is 90.2 Å². The van der Waals surface area contributed by atoms with E-state index in [2.05, 4.69) is 303 Å². The molecular formula is C84H62N4. The summed E-state index contributed by atoms with van der Waals surface area (Å²) >= 11 is 0. The maximum absolute atomic E-state index is 2.53. The highest BCUT2D eigenvalue weighted by molar-refractivity contribution is 6.32. The third-order valence-corrected chi connectivity index (χ3v) is 19.6. The van der Waals surface area contributed by atoms with E-state index in [1.165, 1.54) is 163 Å². The van der Waals surface area contributed by atoms with Crippen molar-refractivity contribution >= 4 is 175 Å². The molecule has 2 heterocycles. The second-order valence-electron chi connectivity index (χ2n) is 24.9. The Bertz CT molecular complexity index is 5620. The monoisotopic (exact) mass is 1130 g/mol. The summed E-state index contributed by atoms with van der Waals surface area (Å²) in [6.45, 7) is 15.2. The minimum Gasteiger partial charge on any atom is -0.341 e. The van der Waals surface area contributed by atoms with Crippen LogP contribution in [0.2, 0.25) is 0 Å². The summed E-state index contributed by atoms with van der Waals surface area (Å²) < 4.78 is 5.03. The van der Waals surface area contributed by atoms with E-state index in [0.717, 1.165) is 47.2 Å². The highest BCUT2D eigenvalue weighted by Gasteiger charge is 2.26. The molecule has 0 saturated heterocycles. The Hall–Kier alpha value is -10.7. The van der Waals surface area contributed by atoms with E-state index in [4.69, 9.17) is 0 Å². The Morgan fingerprint density at radius 3 is 0.886 bits per heavy atom. The van der Waals surface area contributed by atoms with Crippen LogP contribution in [0.4, 0.5) is 34.1 Å². The summed E-state index contributed by atoms with van der Waals surface area (Å²) in [5.41, 5.74) is 16.8. The van der Waals surface area contributed by atoms with Crippen molar-refractivity contribution in [1.29, 1.82) is 0 Å². The Labute approximate surface area is 510 Å². The van der Waals surface area contributed by atoms with Crippen LogP contribution in [0.15, 0.2) is 243 Å². The van der Waals surface area contributed by atoms with E-state index in [1.54, 1.807) is 0 Å². The highest BCUT2D eigenvalue weighted by atomic mass is 15.2. The fraction of sp³-hybridized carbons (Fsp3) is 0.0952. The molecule has 0 saturated carbocycles. The van der Waals surface area contributed by atoms with Crippen molar-refractivity contribution in [2.75, 3.05) is 9.80 Å². The lowest BCUT2D eigenvalue weighted by Gasteiger charge is -2.30. The minimum atomic E-state index is 0.861. The molecule has 418 valence electrons. The number of rotatable bonds is 8. The average molecular weight is 1130 g/mol. The molecule has 0 aliphatic rings. The number of benzene rings is 16. The van der Waals surface area contributed by atoms with Gasteiger partial charge in [0.05, 0.1) is 11.4 Å². The van der Waals surface area contributed by atoms with Crippen molar-refractivity contribution in [1.82, 2.24) is 9.13 Å². The first kappa shape index (κ1) is 50.6. The van der Waals surface area contributed by atoms with Gasteiger partial charge in [0.15, 0.2) is 0 Å². The van der Waals surface area contributed by atoms with Crippen LogP contribution in [-0.4, -0.2) is 9.13 Å². The largest absolute Gasteiger partial charge is 0.341 e. The second kappa shape index (κ2) is 18.9. The SMILES string of the molecule is CCn1c2ccc(N(c3cc(C)cc(C)c3)c3ccc4ccc5c(N(c6cc(C)cc(C)c6)c6ccc7c(c6)c6cc8c9ccccc9c9ccccc9c8cc6n7CC)ccc6ccc3c4c65)cc2c2cc3c4ccccc4c4ccccc4c3cc21. The molecule has 0 amide bonds. The molecule has 0 fully saturated rings. The fourth-order valence-corrected chi connectivity index (χ4v) is 16.1. The molecule has 0 atom stereocenters. The standard InChI is InChI=1S/C84H62N4/c1-7-85-77-35-29-55(43-73(77)75-45-69-63-21-13-9-17-59(63)61-19-11-15-23-65(61)71(69)47-81(75)85)87(57-39-49(3)37-50(4)40-57)79-33-27-53-26-32-68-80(34-28-54-25-31-67(79)83(53)84(54)68)88(58-41-51(5)38-52(6)42-58)56-30-36-78-74(44-56)76-46-70-64-22-14-10-18-60(64)62-20-12-16-24-66(62)72(70)48-82(76)86(78)8-2/h9-48H,7-8H2,1-6H3. The zero-order chi connectivity index (χ0) is 58.8. The number of anilines is 6. The van der Waals surface area contributed by atoms with Crippen LogP contribution in [-0.2, 0) is 13.1 Å². The van der Waals surface area contributed by atoms with Gasteiger partial charge in [0.25, 0.3) is 0 Å². The topological polar surface area (TPSA) is 16.3 Å². The van der Waals surface area contributed by atoms with E-state index >= 15 is 0 Å². The zero-order valence-corrected chi connectivity index (χ0v) is 50.3. The van der Waals surface area contributed by atoms with Crippen LogP contribution in [0.5, 0.6) is 0 Å². The van der Waals surface area contributed by atoms with E-state index in [9.17, 15) is 0 Å². The van der Waals surface area contributed by atoms with Crippen molar-refractivity contribution in [3.8, 4) is 0 Å². The second-order valence-corrected chi connectivity index (χ2v) is 24.9. The van der Waals surface area contributed by atoms with Crippen LogP contribution >= 0.6 is 0 Å². The maximum Gasteiger partial charge on any atom is 0.0540 e. The predicted octanol–water partition coefficient (Wildman–Crippen LogP) is 23.9. The van der Waals surface area contributed by atoms with Crippen molar-refractivity contribution in [3.05, 3.63) is 265 Å². The van der Waals surface area contributed by atoms with Crippen LogP contribution in [0.3, 0.4) is 0 Å². The molecule has 0 aliphatic heterocycles. The van der Waals surface area contributed by atoms with Gasteiger partial charge in [-0.05, 0) is 247 Å². The Kier molecular flexibility index (Phi) is 10.9. The Morgan fingerprint density at radius 1 is 0.239 bits per heavy atom. The van der Waals surface area contributed by atoms with Crippen LogP contribution in [0, 0.1) is 27.7 Å². The van der Waals surface area contributed by atoms with Gasteiger partial charge in [0.2, 0.25) is 0 Å². The van der Waals surface area contributed by atoms with E-state index in [-0.39, 0.29) is 0 Å². The zero-order valence-electron chi connectivity index (χ0n) is 50.3. The molecule has 18 aromatic rings. The van der Waals surface area contributed by atoms with E-state index in [1.807, 2.05) is 0 Å². The van der Waals surface area contributed by atoms with Gasteiger partial charge in [-0.2, -0.15) is 0 Å². The summed E-state index contributed by atoms with van der Waals surface area (Å²) in [6.07, 6.45) is 0. The molecule has 18 rings (SSSR count). The van der Waals surface area contributed by atoms with Crippen molar-refractivity contribution in [2.24, 2.45) is 0 Å². The first-order valence-corrected chi connectivity index (χ1v) is 31.2. The minimum absolute atomic E-state index is 0.861. The predicted molar refractivity (Wildman–Crippen MR) is 381 cm³/mol. The highest BCUT2D eigenvalue weighted by Crippen LogP contribution is 2.51. The van der Waals surface area contributed by atoms with Gasteiger partial charge in [0.1, 0.15) is 0 Å². The molecule has 0 spiro atoms. The molecule has 0 bridgehead atoms. The lowest BCUT2D eigenvalue weighted by atomic mass is 9.91. The number of aromatic nitrogens is 2. The Morgan fingerprint density at radius 2 is 0.545 bits per heavy atom. The smallest absolute Gasteiger partial charge is 0.0540 e. The summed E-state index contributed by atoms with van der Waals surface area (Å²) in [4.78, 5) is 5.06. The summed E-state index contributed by atoms with van der Waals surface area (Å²) in [6, 6.07) is 93.0. The van der Waals surface area contributed by atoms with Crippen LogP contribution in [0.1, 0.15) is 36.1 Å². The fourth-order valence-electron chi connectivity index (χ4n) is 16.1. The molecular weight excluding hydrogens is 1060 g/mol. The number of hydrogen-bond donors (Lipinski definition) is 0. The van der Waals surface area contributed by atoms with Crippen molar-refractivity contribution < 1.29 is 0 Å². The van der Waals surface area contributed by atoms with Crippen molar-refractivity contribution in [3.63, 3.8) is 0 Å². The van der Waals surface area contributed by atoms with Crippen LogP contribution in [0.25, 0.3) is 141 Å². The normalized spacial score (nSPS) is 12.3. The molecule has 16 aromatic carbocycles. The quantitative estimate of drug-likeness (QED) is 0.141. The lowest BCUT2D eigenvalue weighted by Crippen LogP contribution is -2.12. The Balaban J connectivity index is 0.858. The van der Waals surface area contributed by atoms with Gasteiger partial charge < -0.3 is 18.9 Å². The van der Waals surface area contributed by atoms with Gasteiger partial charge in [-0.1, -0.05) is 146 Å². The lowest BCUT2D eigenvalue weighted by molar-refractivity contribution is 0.827. The number of aryl methyl sites for hydroxylation is 6. The molecule has 0 unspecified atom stereocenters. The van der Waals surface area contributed by atoms with Crippen molar-refractivity contribution in [2.45, 2.75) is 54.6 Å². The molecule has 0 radical (unpaired) electrons. The van der Waals surface area contributed by atoms with E-state index < -0.39 is 0 Å². The number of nitrogens with zero attached hydrogens (tertiary/aromatic N) is 4. The maximum atomic E-state index is 2.53. The molecule has 2 aromatic heterocycles. The summed E-state index contributed by atoms with van der Waals surface area (Å²) in [5, 5.41) is 28.0. The van der Waals surface area contributed by atoms with E-state index in [0.29, 0.717) is 0 Å². The van der Waals surface area contributed by atoms with Gasteiger partial charge in [-0.15, -0.1) is 0 Å². The molecule has 4 heteroatoms. The summed E-state index contributed by atoms with van der Waals surface area (Å²) in [5.74, 6) is 0.